The summed E-state index contributed by atoms with van der Waals surface area (Å²) in [5.41, 5.74) is 9.77. The smallest absolute Gasteiger partial charge is 0.165 e. The molecule has 48 heavy (non-hydrogen) atoms. The minimum absolute atomic E-state index is 0.0669. The van der Waals surface area contributed by atoms with Crippen LogP contribution >= 0.6 is 11.3 Å². The molecule has 0 spiro atoms. The van der Waals surface area contributed by atoms with Crippen molar-refractivity contribution in [3.8, 4) is 39.3 Å². The summed E-state index contributed by atoms with van der Waals surface area (Å²) in [7, 11) is 0. The van der Waals surface area contributed by atoms with E-state index in [2.05, 4.69) is 165 Å². The second-order valence-electron chi connectivity index (χ2n) is 13.5. The van der Waals surface area contributed by atoms with Crippen molar-refractivity contribution in [1.82, 2.24) is 14.5 Å². The Morgan fingerprint density at radius 1 is 0.583 bits per heavy atom. The van der Waals surface area contributed by atoms with Gasteiger partial charge in [0.15, 0.2) is 5.65 Å². The number of hydrogen-bond acceptors (Lipinski definition) is 3. The summed E-state index contributed by atoms with van der Waals surface area (Å²) in [5.74, 6) is 0.892. The molecule has 0 saturated carbocycles. The van der Waals surface area contributed by atoms with E-state index in [4.69, 9.17) is 9.97 Å². The Balaban J connectivity index is 1.49. The van der Waals surface area contributed by atoms with E-state index in [0.29, 0.717) is 0 Å². The molecule has 0 aliphatic rings. The van der Waals surface area contributed by atoms with Gasteiger partial charge in [-0.15, -0.1) is 11.3 Å². The molecule has 3 heterocycles. The summed E-state index contributed by atoms with van der Waals surface area (Å²) >= 11 is 1.83. The van der Waals surface area contributed by atoms with Crippen molar-refractivity contribution in [3.05, 3.63) is 151 Å². The summed E-state index contributed by atoms with van der Waals surface area (Å²) in [6.45, 7) is 6.87. The number of nitrogens with zero attached hydrogens (tertiary/aromatic N) is 3. The zero-order valence-corrected chi connectivity index (χ0v) is 27.9. The molecule has 0 fully saturated rings. The SMILES string of the molecule is CC(C)(C)c1cc(-c2ccccc2)c(-n2c(-c3cccc4c3sc3ccccc34)nc3c4ccccc4cnc32)c(-c2ccccc2)c1. The van der Waals surface area contributed by atoms with Crippen LogP contribution in [0.3, 0.4) is 0 Å². The number of benzene rings is 6. The molecular formula is C44H33N3S. The van der Waals surface area contributed by atoms with Crippen LogP contribution in [0.2, 0.25) is 0 Å². The van der Waals surface area contributed by atoms with E-state index in [1.807, 2.05) is 17.5 Å². The molecule has 9 rings (SSSR count). The lowest BCUT2D eigenvalue weighted by molar-refractivity contribution is 0.590. The molecule has 0 aliphatic heterocycles. The van der Waals surface area contributed by atoms with E-state index in [-0.39, 0.29) is 5.41 Å². The van der Waals surface area contributed by atoms with Crippen LogP contribution in [0.25, 0.3) is 81.4 Å². The molecule has 0 radical (unpaired) electrons. The van der Waals surface area contributed by atoms with Crippen LogP contribution in [-0.2, 0) is 5.41 Å². The molecule has 0 bridgehead atoms. The molecule has 6 aromatic carbocycles. The van der Waals surface area contributed by atoms with E-state index in [0.717, 1.165) is 61.3 Å². The van der Waals surface area contributed by atoms with Crippen LogP contribution in [0.5, 0.6) is 0 Å². The first-order valence-electron chi connectivity index (χ1n) is 16.4. The fourth-order valence-corrected chi connectivity index (χ4v) is 8.18. The number of hydrogen-bond donors (Lipinski definition) is 0. The topological polar surface area (TPSA) is 30.7 Å². The van der Waals surface area contributed by atoms with Crippen LogP contribution in [-0.4, -0.2) is 14.5 Å². The Labute approximate surface area is 283 Å². The summed E-state index contributed by atoms with van der Waals surface area (Å²) in [6, 6.07) is 50.1. The molecule has 4 heteroatoms. The molecule has 230 valence electrons. The van der Waals surface area contributed by atoms with Gasteiger partial charge in [-0.3, -0.25) is 4.57 Å². The van der Waals surface area contributed by atoms with Crippen LogP contribution in [0.4, 0.5) is 0 Å². The van der Waals surface area contributed by atoms with E-state index in [9.17, 15) is 0 Å². The first-order chi connectivity index (χ1) is 23.5. The van der Waals surface area contributed by atoms with Crippen molar-refractivity contribution in [2.24, 2.45) is 0 Å². The van der Waals surface area contributed by atoms with Crippen molar-refractivity contribution in [3.63, 3.8) is 0 Å². The number of imidazole rings is 1. The molecule has 0 atom stereocenters. The standard InChI is InChI=1S/C44H33N3S/c1-44(2,3)31-25-36(28-15-6-4-7-16-28)40(37(26-31)29-17-8-5-9-18-29)47-42(46-39-32-20-11-10-19-30(32)27-45-43(39)47)35-23-14-22-34-33-21-12-13-24-38(33)48-41(34)35/h4-27H,1-3H3. The fourth-order valence-electron chi connectivity index (χ4n) is 6.97. The van der Waals surface area contributed by atoms with Crippen LogP contribution in [0.15, 0.2) is 146 Å². The summed E-state index contributed by atoms with van der Waals surface area (Å²) in [4.78, 5) is 10.8. The Morgan fingerprint density at radius 3 is 1.88 bits per heavy atom. The Bertz CT molecular complexity index is 2580. The summed E-state index contributed by atoms with van der Waals surface area (Å²) < 4.78 is 4.85. The largest absolute Gasteiger partial charge is 0.275 e. The van der Waals surface area contributed by atoms with Gasteiger partial charge in [-0.25, -0.2) is 9.97 Å². The van der Waals surface area contributed by atoms with Gasteiger partial charge in [0.2, 0.25) is 0 Å². The zero-order valence-electron chi connectivity index (χ0n) is 27.1. The number of rotatable bonds is 4. The highest BCUT2D eigenvalue weighted by Crippen LogP contribution is 2.46. The van der Waals surface area contributed by atoms with Crippen LogP contribution < -0.4 is 0 Å². The molecule has 3 aromatic heterocycles. The maximum Gasteiger partial charge on any atom is 0.165 e. The third-order valence-corrected chi connectivity index (χ3v) is 10.6. The van der Waals surface area contributed by atoms with Gasteiger partial charge in [0, 0.05) is 53.8 Å². The average Bonchev–Trinajstić information content (AvgIpc) is 3.70. The molecule has 0 N–H and O–H groups in total. The number of aromatic nitrogens is 3. The first kappa shape index (κ1) is 28.6. The van der Waals surface area contributed by atoms with Gasteiger partial charge in [-0.1, -0.05) is 136 Å². The van der Waals surface area contributed by atoms with E-state index < -0.39 is 0 Å². The van der Waals surface area contributed by atoms with Gasteiger partial charge in [-0.2, -0.15) is 0 Å². The quantitative estimate of drug-likeness (QED) is 0.193. The van der Waals surface area contributed by atoms with Crippen molar-refractivity contribution in [1.29, 1.82) is 0 Å². The zero-order chi connectivity index (χ0) is 32.4. The Hall–Kier alpha value is -5.58. The summed E-state index contributed by atoms with van der Waals surface area (Å²) in [5, 5.41) is 4.70. The monoisotopic (exact) mass is 635 g/mol. The highest BCUT2D eigenvalue weighted by Gasteiger charge is 2.27. The van der Waals surface area contributed by atoms with Gasteiger partial charge in [0.1, 0.15) is 11.3 Å². The van der Waals surface area contributed by atoms with Crippen molar-refractivity contribution >= 4 is 53.4 Å². The Kier molecular flexibility index (Phi) is 6.56. The van der Waals surface area contributed by atoms with Gasteiger partial charge < -0.3 is 0 Å². The predicted octanol–water partition coefficient (Wildman–Crippen LogP) is 12.2. The van der Waals surface area contributed by atoms with Crippen molar-refractivity contribution in [2.75, 3.05) is 0 Å². The normalized spacial score (nSPS) is 12.1. The lowest BCUT2D eigenvalue weighted by Gasteiger charge is -2.26. The van der Waals surface area contributed by atoms with Gasteiger partial charge in [-0.05, 0) is 46.4 Å². The van der Waals surface area contributed by atoms with Crippen LogP contribution in [0.1, 0.15) is 26.3 Å². The van der Waals surface area contributed by atoms with Crippen LogP contribution in [0, 0.1) is 0 Å². The fraction of sp³-hybridized carbons (Fsp3) is 0.0909. The lowest BCUT2D eigenvalue weighted by atomic mass is 9.82. The van der Waals surface area contributed by atoms with E-state index in [1.54, 1.807) is 0 Å². The number of thiophene rings is 1. The lowest BCUT2D eigenvalue weighted by Crippen LogP contribution is -2.13. The third kappa shape index (κ3) is 4.56. The van der Waals surface area contributed by atoms with E-state index in [1.165, 1.54) is 25.7 Å². The molecule has 3 nitrogen and oxygen atoms in total. The average molecular weight is 636 g/mol. The van der Waals surface area contributed by atoms with Gasteiger partial charge in [0.25, 0.3) is 0 Å². The highest BCUT2D eigenvalue weighted by atomic mass is 32.1. The molecule has 9 aromatic rings. The van der Waals surface area contributed by atoms with Gasteiger partial charge in [0.05, 0.1) is 5.69 Å². The predicted molar refractivity (Wildman–Crippen MR) is 204 cm³/mol. The number of pyridine rings is 1. The Morgan fingerprint density at radius 2 is 1.19 bits per heavy atom. The molecular weight excluding hydrogens is 603 g/mol. The number of fused-ring (bicyclic) bond motifs is 6. The van der Waals surface area contributed by atoms with Crippen molar-refractivity contribution in [2.45, 2.75) is 26.2 Å². The maximum atomic E-state index is 5.56. The van der Waals surface area contributed by atoms with E-state index >= 15 is 0 Å². The maximum absolute atomic E-state index is 5.56. The molecule has 0 unspecified atom stereocenters. The summed E-state index contributed by atoms with van der Waals surface area (Å²) in [6.07, 6.45) is 1.99. The minimum Gasteiger partial charge on any atom is -0.275 e. The third-order valence-electron chi connectivity index (χ3n) is 9.41. The molecule has 0 amide bonds. The minimum atomic E-state index is -0.0669. The molecule has 0 saturated heterocycles. The molecule has 0 aliphatic carbocycles. The second-order valence-corrected chi connectivity index (χ2v) is 14.5. The van der Waals surface area contributed by atoms with Crippen molar-refractivity contribution < 1.29 is 0 Å². The first-order valence-corrected chi connectivity index (χ1v) is 17.2. The van der Waals surface area contributed by atoms with Gasteiger partial charge >= 0.3 is 0 Å². The highest BCUT2D eigenvalue weighted by molar-refractivity contribution is 7.26. The second kappa shape index (κ2) is 11.0.